The number of hydrogen-bond donors (Lipinski definition) is 0. The highest BCUT2D eigenvalue weighted by atomic mass is 14.3. The summed E-state index contributed by atoms with van der Waals surface area (Å²) in [5, 5.41) is 0. The second-order valence-corrected chi connectivity index (χ2v) is 4.37. The molecule has 0 amide bonds. The summed E-state index contributed by atoms with van der Waals surface area (Å²) < 4.78 is 0. The van der Waals surface area contributed by atoms with Crippen molar-refractivity contribution in [2.75, 3.05) is 0 Å². The van der Waals surface area contributed by atoms with Crippen LogP contribution in [0.2, 0.25) is 0 Å². The second-order valence-electron chi connectivity index (χ2n) is 4.37. The van der Waals surface area contributed by atoms with Gasteiger partial charge in [-0.15, -0.1) is 0 Å². The lowest BCUT2D eigenvalue weighted by Crippen LogP contribution is -2.25. The molecule has 60 valence electrons. The largest absolute Gasteiger partial charge is 0.0623 e. The Bertz CT molecular complexity index is 96.6. The summed E-state index contributed by atoms with van der Waals surface area (Å²) in [6.45, 7) is 7.19. The van der Waals surface area contributed by atoms with Crippen LogP contribution in [0.3, 0.4) is 0 Å². The van der Waals surface area contributed by atoms with Crippen LogP contribution in [0.1, 0.15) is 52.9 Å². The summed E-state index contributed by atoms with van der Waals surface area (Å²) in [5.74, 6) is 0.882. The predicted molar refractivity (Wildman–Crippen MR) is 46.0 cm³/mol. The van der Waals surface area contributed by atoms with Crippen LogP contribution in [-0.2, 0) is 0 Å². The van der Waals surface area contributed by atoms with E-state index in [1.54, 1.807) is 0 Å². The van der Waals surface area contributed by atoms with Crippen LogP contribution in [0.25, 0.3) is 0 Å². The Labute approximate surface area is 65.0 Å². The van der Waals surface area contributed by atoms with Crippen molar-refractivity contribution in [3.8, 4) is 0 Å². The summed E-state index contributed by atoms with van der Waals surface area (Å²) in [4.78, 5) is 0. The minimum Gasteiger partial charge on any atom is -0.0623 e. The van der Waals surface area contributed by atoms with Gasteiger partial charge in [0.25, 0.3) is 0 Å². The van der Waals surface area contributed by atoms with Crippen LogP contribution >= 0.6 is 0 Å². The lowest BCUT2D eigenvalue weighted by atomic mass is 9.69. The summed E-state index contributed by atoms with van der Waals surface area (Å²) in [7, 11) is 0. The summed E-state index contributed by atoms with van der Waals surface area (Å²) in [6, 6.07) is 0. The van der Waals surface area contributed by atoms with Gasteiger partial charge < -0.3 is 0 Å². The van der Waals surface area contributed by atoms with Crippen LogP contribution in [0.5, 0.6) is 0 Å². The lowest BCUT2D eigenvalue weighted by molar-refractivity contribution is 0.143. The zero-order chi connectivity index (χ0) is 7.61. The van der Waals surface area contributed by atoms with Crippen LogP contribution < -0.4 is 0 Å². The maximum absolute atomic E-state index is 2.46. The van der Waals surface area contributed by atoms with Crippen LogP contribution in [0.15, 0.2) is 0 Å². The molecule has 1 rings (SSSR count). The van der Waals surface area contributed by atoms with E-state index in [4.69, 9.17) is 0 Å². The molecular weight excluding hydrogens is 120 g/mol. The second kappa shape index (κ2) is 2.94. The van der Waals surface area contributed by atoms with Crippen molar-refractivity contribution in [1.82, 2.24) is 0 Å². The Kier molecular flexibility index (Phi) is 2.38. The first kappa shape index (κ1) is 8.10. The molecular formula is C10H20. The molecule has 1 saturated carbocycles. The SMILES string of the molecule is CC(C)C1(C)CCCCC1. The number of hydrogen-bond acceptors (Lipinski definition) is 0. The van der Waals surface area contributed by atoms with Gasteiger partial charge in [-0.05, 0) is 24.2 Å². The Morgan fingerprint density at radius 1 is 1.00 bits per heavy atom. The van der Waals surface area contributed by atoms with Gasteiger partial charge >= 0.3 is 0 Å². The lowest BCUT2D eigenvalue weighted by Gasteiger charge is -2.37. The molecule has 0 aromatic heterocycles. The minimum absolute atomic E-state index is 0.679. The molecule has 10 heavy (non-hydrogen) atoms. The van der Waals surface area contributed by atoms with Gasteiger partial charge in [0.2, 0.25) is 0 Å². The average molecular weight is 140 g/mol. The van der Waals surface area contributed by atoms with Crippen molar-refractivity contribution in [2.24, 2.45) is 11.3 Å². The highest BCUT2D eigenvalue weighted by Crippen LogP contribution is 2.41. The zero-order valence-corrected chi connectivity index (χ0v) is 7.61. The first-order valence-corrected chi connectivity index (χ1v) is 4.65. The van der Waals surface area contributed by atoms with E-state index in [1.807, 2.05) is 0 Å². The highest BCUT2D eigenvalue weighted by molar-refractivity contribution is 4.80. The maximum Gasteiger partial charge on any atom is -0.0303 e. The first-order chi connectivity index (χ1) is 4.65. The van der Waals surface area contributed by atoms with Crippen molar-refractivity contribution in [3.05, 3.63) is 0 Å². The molecule has 0 nitrogen and oxygen atoms in total. The van der Waals surface area contributed by atoms with Crippen LogP contribution in [0, 0.1) is 11.3 Å². The third-order valence-corrected chi connectivity index (χ3v) is 3.39. The van der Waals surface area contributed by atoms with Crippen molar-refractivity contribution in [2.45, 2.75) is 52.9 Å². The molecule has 1 fully saturated rings. The van der Waals surface area contributed by atoms with Gasteiger partial charge in [-0.25, -0.2) is 0 Å². The highest BCUT2D eigenvalue weighted by Gasteiger charge is 2.29. The van der Waals surface area contributed by atoms with Crippen molar-refractivity contribution < 1.29 is 0 Å². The van der Waals surface area contributed by atoms with E-state index in [-0.39, 0.29) is 0 Å². The van der Waals surface area contributed by atoms with Crippen molar-refractivity contribution in [3.63, 3.8) is 0 Å². The molecule has 0 aromatic rings. The van der Waals surface area contributed by atoms with E-state index < -0.39 is 0 Å². The van der Waals surface area contributed by atoms with E-state index >= 15 is 0 Å². The van der Waals surface area contributed by atoms with Crippen molar-refractivity contribution in [1.29, 1.82) is 0 Å². The zero-order valence-electron chi connectivity index (χ0n) is 7.61. The van der Waals surface area contributed by atoms with Gasteiger partial charge in [0, 0.05) is 0 Å². The smallest absolute Gasteiger partial charge is 0.0303 e. The Morgan fingerprint density at radius 3 is 1.80 bits per heavy atom. The summed E-state index contributed by atoms with van der Waals surface area (Å²) >= 11 is 0. The van der Waals surface area contributed by atoms with E-state index in [1.165, 1.54) is 32.1 Å². The molecule has 0 aromatic carbocycles. The van der Waals surface area contributed by atoms with Gasteiger partial charge in [0.15, 0.2) is 0 Å². The van der Waals surface area contributed by atoms with E-state index in [0.717, 1.165) is 5.92 Å². The third kappa shape index (κ3) is 1.53. The minimum atomic E-state index is 0.679. The standard InChI is InChI=1S/C10H20/c1-9(2)10(3)7-5-4-6-8-10/h9H,4-8H2,1-3H3. The molecule has 0 atom stereocenters. The van der Waals surface area contributed by atoms with E-state index in [2.05, 4.69) is 20.8 Å². The average Bonchev–Trinajstić information content (AvgIpc) is 1.89. The Morgan fingerprint density at radius 2 is 1.50 bits per heavy atom. The normalized spacial score (nSPS) is 25.2. The molecule has 0 spiro atoms. The molecule has 0 heterocycles. The predicted octanol–water partition coefficient (Wildman–Crippen LogP) is 3.61. The van der Waals surface area contributed by atoms with Crippen LogP contribution in [0.4, 0.5) is 0 Å². The molecule has 0 saturated heterocycles. The van der Waals surface area contributed by atoms with Gasteiger partial charge in [-0.1, -0.05) is 40.0 Å². The molecule has 0 aliphatic heterocycles. The summed E-state index contributed by atoms with van der Waals surface area (Å²) in [5.41, 5.74) is 0.679. The van der Waals surface area contributed by atoms with Gasteiger partial charge in [0.05, 0.1) is 0 Å². The molecule has 0 heteroatoms. The quantitative estimate of drug-likeness (QED) is 0.522. The topological polar surface area (TPSA) is 0 Å². The summed E-state index contributed by atoms with van der Waals surface area (Å²) in [6.07, 6.45) is 7.33. The fourth-order valence-electron chi connectivity index (χ4n) is 1.94. The van der Waals surface area contributed by atoms with Crippen molar-refractivity contribution >= 4 is 0 Å². The molecule has 1 aliphatic rings. The Hall–Kier alpha value is 0. The number of rotatable bonds is 1. The fourth-order valence-corrected chi connectivity index (χ4v) is 1.94. The molecule has 0 radical (unpaired) electrons. The molecule has 0 unspecified atom stereocenters. The molecule has 0 bridgehead atoms. The van der Waals surface area contributed by atoms with E-state index in [0.29, 0.717) is 5.41 Å². The monoisotopic (exact) mass is 140 g/mol. The molecule has 0 N–H and O–H groups in total. The van der Waals surface area contributed by atoms with Gasteiger partial charge in [-0.3, -0.25) is 0 Å². The first-order valence-electron chi connectivity index (χ1n) is 4.65. The fraction of sp³-hybridized carbons (Fsp3) is 1.00. The Balaban J connectivity index is 2.48. The molecule has 1 aliphatic carbocycles. The van der Waals surface area contributed by atoms with Crippen LogP contribution in [-0.4, -0.2) is 0 Å². The van der Waals surface area contributed by atoms with E-state index in [9.17, 15) is 0 Å². The maximum atomic E-state index is 2.46. The third-order valence-electron chi connectivity index (χ3n) is 3.39. The van der Waals surface area contributed by atoms with Gasteiger partial charge in [0.1, 0.15) is 0 Å². The van der Waals surface area contributed by atoms with Gasteiger partial charge in [-0.2, -0.15) is 0 Å².